The van der Waals surface area contributed by atoms with Crippen LogP contribution in [0.2, 0.25) is 0 Å². The van der Waals surface area contributed by atoms with Gasteiger partial charge in [-0.2, -0.15) is 0 Å². The highest BCUT2D eigenvalue weighted by Crippen LogP contribution is 2.12. The lowest BCUT2D eigenvalue weighted by Crippen LogP contribution is -1.82. The zero-order valence-electron chi connectivity index (χ0n) is 4.98. The first-order valence-electron chi connectivity index (χ1n) is 2.74. The second-order valence-electron chi connectivity index (χ2n) is 1.59. The van der Waals surface area contributed by atoms with E-state index in [4.69, 9.17) is 5.11 Å². The van der Waals surface area contributed by atoms with E-state index in [1.165, 1.54) is 0 Å². The van der Waals surface area contributed by atoms with Crippen LogP contribution in [0.3, 0.4) is 0 Å². The fraction of sp³-hybridized carbons (Fsp3) is 0.800. The summed E-state index contributed by atoms with van der Waals surface area (Å²) in [5.41, 5.74) is -0.654. The van der Waals surface area contributed by atoms with Crippen molar-refractivity contribution in [3.05, 3.63) is 0 Å². The molecule has 0 amide bonds. The highest BCUT2D eigenvalue weighted by Gasteiger charge is 1.92. The fourth-order valence-electron chi connectivity index (χ4n) is 0.372. The van der Waals surface area contributed by atoms with Crippen molar-refractivity contribution in [2.75, 3.05) is 6.16 Å². The summed E-state index contributed by atoms with van der Waals surface area (Å²) in [6.07, 6.45) is 3.00. The van der Waals surface area contributed by atoms with E-state index >= 15 is 0 Å². The number of carbonyl (C=O) groups is 1. The molecule has 0 saturated heterocycles. The summed E-state index contributed by atoms with van der Waals surface area (Å²) < 4.78 is 0. The molecule has 2 nitrogen and oxygen atoms in total. The van der Waals surface area contributed by atoms with Gasteiger partial charge in [0.1, 0.15) is 0 Å². The van der Waals surface area contributed by atoms with Crippen LogP contribution in [-0.4, -0.2) is 17.0 Å². The maximum Gasteiger partial charge on any atom is 0.320 e. The standard InChI is InChI=1S/C5H11O2P/c1-2-3-4-8-5(6)7/h8H,2-4H2,1H3,(H,6,7). The van der Waals surface area contributed by atoms with Gasteiger partial charge in [-0.05, 0) is 21.2 Å². The van der Waals surface area contributed by atoms with E-state index in [0.29, 0.717) is 0 Å². The van der Waals surface area contributed by atoms with Crippen LogP contribution < -0.4 is 0 Å². The number of unbranched alkanes of at least 4 members (excludes halogenated alkanes) is 1. The van der Waals surface area contributed by atoms with Gasteiger partial charge in [0.15, 0.2) is 0 Å². The van der Waals surface area contributed by atoms with E-state index in [2.05, 4.69) is 6.92 Å². The first-order valence-corrected chi connectivity index (χ1v) is 3.95. The predicted octanol–water partition coefficient (Wildman–Crippen LogP) is 2.14. The van der Waals surface area contributed by atoms with Gasteiger partial charge < -0.3 is 5.11 Å². The first kappa shape index (κ1) is 7.90. The summed E-state index contributed by atoms with van der Waals surface area (Å²) in [6.45, 7) is 2.06. The minimum atomic E-state index is -0.654. The molecule has 8 heavy (non-hydrogen) atoms. The van der Waals surface area contributed by atoms with Crippen LogP contribution in [0.15, 0.2) is 0 Å². The Balaban J connectivity index is 2.82. The monoisotopic (exact) mass is 134 g/mol. The molecular weight excluding hydrogens is 123 g/mol. The first-order chi connectivity index (χ1) is 3.77. The highest BCUT2D eigenvalue weighted by atomic mass is 31.1. The Hall–Kier alpha value is -0.100. The van der Waals surface area contributed by atoms with Crippen LogP contribution in [0.5, 0.6) is 0 Å². The summed E-state index contributed by atoms with van der Waals surface area (Å²) in [6, 6.07) is 0. The molecule has 48 valence electrons. The molecule has 0 spiro atoms. The van der Waals surface area contributed by atoms with Gasteiger partial charge >= 0.3 is 5.71 Å². The minimum Gasteiger partial charge on any atom is -0.478 e. The quantitative estimate of drug-likeness (QED) is 0.472. The molecule has 1 atom stereocenters. The smallest absolute Gasteiger partial charge is 0.320 e. The van der Waals surface area contributed by atoms with Gasteiger partial charge in [-0.25, -0.2) is 4.79 Å². The van der Waals surface area contributed by atoms with Crippen molar-refractivity contribution in [1.29, 1.82) is 0 Å². The third kappa shape index (κ3) is 5.90. The topological polar surface area (TPSA) is 37.3 Å². The van der Waals surface area contributed by atoms with Crippen LogP contribution in [0.25, 0.3) is 0 Å². The van der Waals surface area contributed by atoms with Gasteiger partial charge in [0.2, 0.25) is 0 Å². The highest BCUT2D eigenvalue weighted by molar-refractivity contribution is 7.57. The van der Waals surface area contributed by atoms with E-state index < -0.39 is 5.71 Å². The van der Waals surface area contributed by atoms with Crippen LogP contribution in [0, 0.1) is 0 Å². The Morgan fingerprint density at radius 3 is 2.75 bits per heavy atom. The third-order valence-corrected chi connectivity index (χ3v) is 1.71. The lowest BCUT2D eigenvalue weighted by Gasteiger charge is -1.90. The third-order valence-electron chi connectivity index (χ3n) is 0.807. The van der Waals surface area contributed by atoms with Crippen molar-refractivity contribution in [3.63, 3.8) is 0 Å². The molecule has 0 rings (SSSR count). The molecule has 0 aromatic carbocycles. The molecule has 0 bridgehead atoms. The molecular formula is C5H11O2P. The number of hydrogen-bond donors (Lipinski definition) is 1. The van der Waals surface area contributed by atoms with Gasteiger partial charge in [-0.1, -0.05) is 13.3 Å². The Morgan fingerprint density at radius 1 is 1.75 bits per heavy atom. The lowest BCUT2D eigenvalue weighted by molar-refractivity contribution is 0.221. The molecule has 1 unspecified atom stereocenters. The van der Waals surface area contributed by atoms with Crippen molar-refractivity contribution in [2.24, 2.45) is 0 Å². The van der Waals surface area contributed by atoms with E-state index in [9.17, 15) is 4.79 Å². The van der Waals surface area contributed by atoms with Gasteiger partial charge in [0.25, 0.3) is 0 Å². The lowest BCUT2D eigenvalue weighted by atomic mass is 10.4. The van der Waals surface area contributed by atoms with Gasteiger partial charge in [0.05, 0.1) is 0 Å². The SMILES string of the molecule is CCCCPC(=O)O. The summed E-state index contributed by atoms with van der Waals surface area (Å²) >= 11 is 0. The van der Waals surface area contributed by atoms with E-state index in [-0.39, 0.29) is 8.58 Å². The van der Waals surface area contributed by atoms with Crippen LogP contribution in [0.1, 0.15) is 19.8 Å². The molecule has 0 aromatic heterocycles. The molecule has 0 aliphatic rings. The minimum absolute atomic E-state index is 0.112. The van der Waals surface area contributed by atoms with Crippen LogP contribution >= 0.6 is 8.58 Å². The zero-order valence-corrected chi connectivity index (χ0v) is 5.98. The molecule has 1 N–H and O–H groups in total. The maximum atomic E-state index is 9.89. The Bertz CT molecular complexity index is 72.8. The Morgan fingerprint density at radius 2 is 2.38 bits per heavy atom. The zero-order chi connectivity index (χ0) is 6.41. The van der Waals surface area contributed by atoms with Crippen molar-refractivity contribution in [3.8, 4) is 0 Å². The molecule has 0 radical (unpaired) electrons. The second-order valence-corrected chi connectivity index (χ2v) is 2.87. The van der Waals surface area contributed by atoms with Crippen LogP contribution in [-0.2, 0) is 0 Å². The van der Waals surface area contributed by atoms with Crippen LogP contribution in [0.4, 0.5) is 4.79 Å². The van der Waals surface area contributed by atoms with E-state index in [0.717, 1.165) is 19.0 Å². The molecule has 0 aliphatic heterocycles. The molecule has 0 saturated carbocycles. The molecule has 0 heterocycles. The van der Waals surface area contributed by atoms with Crippen molar-refractivity contribution in [2.45, 2.75) is 19.8 Å². The van der Waals surface area contributed by atoms with E-state index in [1.54, 1.807) is 0 Å². The van der Waals surface area contributed by atoms with Crippen molar-refractivity contribution in [1.82, 2.24) is 0 Å². The van der Waals surface area contributed by atoms with Gasteiger partial charge in [-0.15, -0.1) is 0 Å². The van der Waals surface area contributed by atoms with Crippen molar-refractivity contribution >= 4 is 14.3 Å². The second kappa shape index (κ2) is 5.04. The average molecular weight is 134 g/mol. The number of hydrogen-bond acceptors (Lipinski definition) is 1. The number of rotatable bonds is 4. The Labute approximate surface area is 51.1 Å². The summed E-state index contributed by atoms with van der Waals surface area (Å²) in [4.78, 5) is 9.89. The van der Waals surface area contributed by atoms with Gasteiger partial charge in [0, 0.05) is 0 Å². The Kier molecular flexibility index (Phi) is 4.98. The fourth-order valence-corrected chi connectivity index (χ4v) is 1.12. The average Bonchev–Trinajstić information content (AvgIpc) is 1.66. The van der Waals surface area contributed by atoms with E-state index in [1.807, 2.05) is 0 Å². The molecule has 0 aliphatic carbocycles. The van der Waals surface area contributed by atoms with Gasteiger partial charge in [-0.3, -0.25) is 0 Å². The normalized spacial score (nSPS) is 10.6. The molecule has 0 aromatic rings. The summed E-state index contributed by atoms with van der Waals surface area (Å²) in [7, 11) is 0.112. The largest absolute Gasteiger partial charge is 0.478 e. The predicted molar refractivity (Wildman–Crippen MR) is 36.1 cm³/mol. The summed E-state index contributed by atoms with van der Waals surface area (Å²) in [5, 5.41) is 8.15. The van der Waals surface area contributed by atoms with Crippen molar-refractivity contribution < 1.29 is 9.90 Å². The summed E-state index contributed by atoms with van der Waals surface area (Å²) in [5.74, 6) is 0. The molecule has 3 heteroatoms. The number of carboxylic acid groups (broad SMARTS) is 1. The molecule has 0 fully saturated rings. The maximum absolute atomic E-state index is 9.89.